The van der Waals surface area contributed by atoms with Crippen molar-refractivity contribution >= 4 is 15.9 Å². The number of β-amino-alcohol motifs (C(OH)–C–C–N with tert-alkyl or cyclic N) is 1. The number of benzene rings is 1. The van der Waals surface area contributed by atoms with Crippen LogP contribution in [0.1, 0.15) is 25.7 Å². The van der Waals surface area contributed by atoms with Crippen LogP contribution in [0.25, 0.3) is 0 Å². The van der Waals surface area contributed by atoms with Gasteiger partial charge in [0.05, 0.1) is 10.5 Å². The van der Waals surface area contributed by atoms with Gasteiger partial charge in [-0.25, -0.2) is 12.8 Å². The second-order valence-electron chi connectivity index (χ2n) is 5.80. The zero-order chi connectivity index (χ0) is 17.1. The fourth-order valence-electron chi connectivity index (χ4n) is 2.73. The van der Waals surface area contributed by atoms with E-state index >= 15 is 0 Å². The molecule has 0 radical (unpaired) electrons. The quantitative estimate of drug-likeness (QED) is 0.830. The van der Waals surface area contributed by atoms with Gasteiger partial charge in [-0.2, -0.15) is 4.31 Å². The molecular weight excluding hydrogens is 323 g/mol. The van der Waals surface area contributed by atoms with Crippen molar-refractivity contribution in [2.75, 3.05) is 20.1 Å². The van der Waals surface area contributed by atoms with E-state index in [2.05, 4.69) is 5.32 Å². The van der Waals surface area contributed by atoms with E-state index in [1.54, 1.807) is 0 Å². The van der Waals surface area contributed by atoms with Crippen molar-refractivity contribution in [1.29, 1.82) is 0 Å². The summed E-state index contributed by atoms with van der Waals surface area (Å²) in [6.45, 7) is 0.171. The first-order valence-corrected chi connectivity index (χ1v) is 8.89. The standard InChI is InChI=1S/C15H21FN2O4S/c1-17-14(19)6-8-15(20)7-3-9-18(11-15)23(21,22)13-5-2-4-12(16)10-13/h2,4-5,10,20H,3,6-9,11H2,1H3,(H,17,19)/t15-/m0/s1. The number of sulfonamides is 1. The summed E-state index contributed by atoms with van der Waals surface area (Å²) in [6.07, 6.45) is 1.22. The molecule has 1 amide bonds. The second kappa shape index (κ2) is 6.94. The average Bonchev–Trinajstić information content (AvgIpc) is 2.52. The minimum Gasteiger partial charge on any atom is -0.388 e. The molecule has 0 aromatic heterocycles. The van der Waals surface area contributed by atoms with Gasteiger partial charge in [0.25, 0.3) is 0 Å². The van der Waals surface area contributed by atoms with Crippen molar-refractivity contribution < 1.29 is 22.7 Å². The summed E-state index contributed by atoms with van der Waals surface area (Å²) >= 11 is 0. The van der Waals surface area contributed by atoms with Crippen LogP contribution >= 0.6 is 0 Å². The number of hydrogen-bond acceptors (Lipinski definition) is 4. The van der Waals surface area contributed by atoms with Crippen LogP contribution in [0.3, 0.4) is 0 Å². The molecule has 0 spiro atoms. The number of amides is 1. The lowest BCUT2D eigenvalue weighted by atomic mass is 9.89. The van der Waals surface area contributed by atoms with E-state index in [9.17, 15) is 22.7 Å². The molecule has 0 saturated carbocycles. The summed E-state index contributed by atoms with van der Waals surface area (Å²) in [5.41, 5.74) is -1.24. The topological polar surface area (TPSA) is 86.7 Å². The molecule has 6 nitrogen and oxygen atoms in total. The highest BCUT2D eigenvalue weighted by Crippen LogP contribution is 2.29. The highest BCUT2D eigenvalue weighted by Gasteiger charge is 2.38. The van der Waals surface area contributed by atoms with E-state index < -0.39 is 21.4 Å². The van der Waals surface area contributed by atoms with Crippen molar-refractivity contribution in [1.82, 2.24) is 9.62 Å². The Morgan fingerprint density at radius 3 is 2.87 bits per heavy atom. The number of halogens is 1. The average molecular weight is 344 g/mol. The van der Waals surface area contributed by atoms with Crippen LogP contribution in [0.2, 0.25) is 0 Å². The van der Waals surface area contributed by atoms with Crippen molar-refractivity contribution in [3.8, 4) is 0 Å². The normalized spacial score (nSPS) is 22.7. The van der Waals surface area contributed by atoms with Gasteiger partial charge in [0.2, 0.25) is 15.9 Å². The molecule has 2 rings (SSSR count). The van der Waals surface area contributed by atoms with Crippen LogP contribution in [0.4, 0.5) is 4.39 Å². The van der Waals surface area contributed by atoms with Crippen LogP contribution in [-0.2, 0) is 14.8 Å². The molecule has 23 heavy (non-hydrogen) atoms. The van der Waals surface area contributed by atoms with Gasteiger partial charge in [0.15, 0.2) is 0 Å². The molecule has 1 heterocycles. The van der Waals surface area contributed by atoms with Crippen molar-refractivity contribution in [3.05, 3.63) is 30.1 Å². The van der Waals surface area contributed by atoms with Crippen molar-refractivity contribution in [3.63, 3.8) is 0 Å². The zero-order valence-electron chi connectivity index (χ0n) is 13.0. The largest absolute Gasteiger partial charge is 0.388 e. The first-order chi connectivity index (χ1) is 10.8. The summed E-state index contributed by atoms with van der Waals surface area (Å²) in [7, 11) is -2.36. The molecule has 0 aliphatic carbocycles. The maximum Gasteiger partial charge on any atom is 0.243 e. The molecule has 1 aromatic carbocycles. The summed E-state index contributed by atoms with van der Waals surface area (Å²) in [6, 6.07) is 4.81. The maximum atomic E-state index is 13.3. The van der Waals surface area contributed by atoms with Crippen LogP contribution in [-0.4, -0.2) is 49.5 Å². The lowest BCUT2D eigenvalue weighted by molar-refractivity contribution is -0.122. The Hall–Kier alpha value is -1.51. The minimum absolute atomic E-state index is 0.0944. The van der Waals surface area contributed by atoms with Crippen molar-refractivity contribution in [2.45, 2.75) is 36.2 Å². The Balaban J connectivity index is 2.15. The van der Waals surface area contributed by atoms with E-state index in [0.29, 0.717) is 12.8 Å². The molecule has 1 aliphatic heterocycles. The third-order valence-electron chi connectivity index (χ3n) is 4.05. The molecule has 2 N–H and O–H groups in total. The third kappa shape index (κ3) is 4.27. The van der Waals surface area contributed by atoms with Crippen molar-refractivity contribution in [2.24, 2.45) is 0 Å². The van der Waals surface area contributed by atoms with E-state index in [1.807, 2.05) is 0 Å². The van der Waals surface area contributed by atoms with E-state index in [-0.39, 0.29) is 36.7 Å². The van der Waals surface area contributed by atoms with Gasteiger partial charge >= 0.3 is 0 Å². The summed E-state index contributed by atoms with van der Waals surface area (Å²) in [5.74, 6) is -0.832. The Bertz CT molecular complexity index is 680. The number of rotatable bonds is 5. The Labute approximate surface area is 135 Å². The number of nitrogens with zero attached hydrogens (tertiary/aromatic N) is 1. The summed E-state index contributed by atoms with van der Waals surface area (Å²) in [5, 5.41) is 13.1. The van der Waals surface area contributed by atoms with Crippen LogP contribution in [0.5, 0.6) is 0 Å². The molecule has 8 heteroatoms. The number of aliphatic hydroxyl groups is 1. The molecular formula is C15H21FN2O4S. The van der Waals surface area contributed by atoms with Gasteiger partial charge < -0.3 is 10.4 Å². The summed E-state index contributed by atoms with van der Waals surface area (Å²) < 4.78 is 39.6. The highest BCUT2D eigenvalue weighted by atomic mass is 32.2. The van der Waals surface area contributed by atoms with Gasteiger partial charge in [-0.1, -0.05) is 6.07 Å². The van der Waals surface area contributed by atoms with Gasteiger partial charge in [0, 0.05) is 26.6 Å². The molecule has 0 bridgehead atoms. The summed E-state index contributed by atoms with van der Waals surface area (Å²) in [4.78, 5) is 11.2. The molecule has 1 atom stereocenters. The third-order valence-corrected chi connectivity index (χ3v) is 5.89. The molecule has 1 aromatic rings. The molecule has 0 unspecified atom stereocenters. The lowest BCUT2D eigenvalue weighted by Crippen LogP contribution is -2.50. The predicted molar refractivity (Wildman–Crippen MR) is 82.6 cm³/mol. The minimum atomic E-state index is -3.87. The van der Waals surface area contributed by atoms with Gasteiger partial charge in [-0.3, -0.25) is 4.79 Å². The van der Waals surface area contributed by atoms with Gasteiger partial charge in [-0.15, -0.1) is 0 Å². The molecule has 1 aliphatic rings. The number of piperidine rings is 1. The number of carbonyl (C=O) groups is 1. The highest BCUT2D eigenvalue weighted by molar-refractivity contribution is 7.89. The first-order valence-electron chi connectivity index (χ1n) is 7.45. The monoisotopic (exact) mass is 344 g/mol. The predicted octanol–water partition coefficient (Wildman–Crippen LogP) is 0.867. The molecule has 1 saturated heterocycles. The van der Waals surface area contributed by atoms with E-state index in [0.717, 1.165) is 10.4 Å². The van der Waals surface area contributed by atoms with Gasteiger partial charge in [-0.05, 0) is 37.5 Å². The fraction of sp³-hybridized carbons (Fsp3) is 0.533. The molecule has 128 valence electrons. The Kier molecular flexibility index (Phi) is 5.38. The first kappa shape index (κ1) is 17.8. The molecule has 1 fully saturated rings. The van der Waals surface area contributed by atoms with Crippen LogP contribution in [0, 0.1) is 5.82 Å². The zero-order valence-corrected chi connectivity index (χ0v) is 13.8. The second-order valence-corrected chi connectivity index (χ2v) is 7.73. The van der Waals surface area contributed by atoms with Gasteiger partial charge in [0.1, 0.15) is 5.82 Å². The van der Waals surface area contributed by atoms with E-state index in [1.165, 1.54) is 25.2 Å². The van der Waals surface area contributed by atoms with Crippen LogP contribution in [0.15, 0.2) is 29.2 Å². The lowest BCUT2D eigenvalue weighted by Gasteiger charge is -2.38. The number of hydrogen-bond donors (Lipinski definition) is 2. The Morgan fingerprint density at radius 2 is 2.22 bits per heavy atom. The number of carbonyl (C=O) groups excluding carboxylic acids is 1. The SMILES string of the molecule is CNC(=O)CC[C@@]1(O)CCCN(S(=O)(=O)c2cccc(F)c2)C1. The smallest absolute Gasteiger partial charge is 0.243 e. The van der Waals surface area contributed by atoms with Crippen LogP contribution < -0.4 is 5.32 Å². The number of nitrogens with one attached hydrogen (secondary N) is 1. The van der Waals surface area contributed by atoms with E-state index in [4.69, 9.17) is 0 Å². The Morgan fingerprint density at radius 1 is 1.48 bits per heavy atom. The fourth-order valence-corrected chi connectivity index (χ4v) is 4.32. The maximum absolute atomic E-state index is 13.3.